The summed E-state index contributed by atoms with van der Waals surface area (Å²) < 4.78 is 4.94. The van der Waals surface area contributed by atoms with Gasteiger partial charge in [-0.3, -0.25) is 4.90 Å². The molecule has 23 heavy (non-hydrogen) atoms. The number of aliphatic hydroxyl groups excluding tert-OH is 1. The number of nitrogens with zero attached hydrogens (tertiary/aromatic N) is 2. The van der Waals surface area contributed by atoms with Crippen molar-refractivity contribution in [3.05, 3.63) is 59.7 Å². The van der Waals surface area contributed by atoms with Crippen LogP contribution in [-0.2, 0) is 11.3 Å². The molecule has 0 heterocycles. The fourth-order valence-electron chi connectivity index (χ4n) is 2.60. The van der Waals surface area contributed by atoms with Crippen LogP contribution in [0.2, 0.25) is 0 Å². The van der Waals surface area contributed by atoms with Gasteiger partial charge in [0.05, 0.1) is 24.3 Å². The van der Waals surface area contributed by atoms with Crippen LogP contribution < -0.4 is 0 Å². The Balaban J connectivity index is 2.04. The normalized spacial score (nSPS) is 12.1. The van der Waals surface area contributed by atoms with Crippen LogP contribution in [0, 0.1) is 11.3 Å². The highest BCUT2D eigenvalue weighted by atomic mass is 16.5. The Hall–Kier alpha value is -2.19. The number of methoxy groups -OCH3 is 1. The molecule has 0 amide bonds. The number of ether oxygens (including phenoxy) is 1. The van der Waals surface area contributed by atoms with Crippen molar-refractivity contribution in [2.75, 3.05) is 27.3 Å². The third kappa shape index (κ3) is 4.90. The average Bonchev–Trinajstić information content (AvgIpc) is 2.55. The molecule has 0 radical (unpaired) electrons. The molecular formula is C19H22N2O2. The van der Waals surface area contributed by atoms with Gasteiger partial charge in [-0.15, -0.1) is 0 Å². The summed E-state index contributed by atoms with van der Waals surface area (Å²) in [5, 5.41) is 18.9. The summed E-state index contributed by atoms with van der Waals surface area (Å²) in [6.45, 7) is 1.65. The maximum Gasteiger partial charge on any atom is 0.0998 e. The maximum atomic E-state index is 9.75. The van der Waals surface area contributed by atoms with E-state index < -0.39 is 6.10 Å². The van der Waals surface area contributed by atoms with E-state index in [0.717, 1.165) is 23.2 Å². The van der Waals surface area contributed by atoms with E-state index in [4.69, 9.17) is 4.74 Å². The highest BCUT2D eigenvalue weighted by Gasteiger charge is 2.09. The number of benzene rings is 2. The largest absolute Gasteiger partial charge is 0.389 e. The monoisotopic (exact) mass is 310 g/mol. The minimum atomic E-state index is -0.480. The minimum absolute atomic E-state index is 0.341. The van der Waals surface area contributed by atoms with E-state index in [2.05, 4.69) is 23.1 Å². The van der Waals surface area contributed by atoms with Crippen molar-refractivity contribution < 1.29 is 9.84 Å². The molecule has 0 aliphatic carbocycles. The molecule has 2 aromatic rings. The summed E-state index contributed by atoms with van der Waals surface area (Å²) in [4.78, 5) is 2.06. The lowest BCUT2D eigenvalue weighted by atomic mass is 9.99. The molecule has 0 aromatic heterocycles. The molecule has 0 aliphatic heterocycles. The molecule has 4 heteroatoms. The zero-order valence-electron chi connectivity index (χ0n) is 13.6. The summed E-state index contributed by atoms with van der Waals surface area (Å²) in [6, 6.07) is 18.0. The van der Waals surface area contributed by atoms with E-state index in [0.29, 0.717) is 18.7 Å². The van der Waals surface area contributed by atoms with Crippen LogP contribution in [0.25, 0.3) is 11.1 Å². The van der Waals surface area contributed by atoms with Gasteiger partial charge in [-0.1, -0.05) is 42.5 Å². The Bertz CT molecular complexity index is 662. The lowest BCUT2D eigenvalue weighted by Gasteiger charge is -2.20. The molecule has 0 saturated carbocycles. The number of hydrogen-bond donors (Lipinski definition) is 1. The molecule has 0 aliphatic rings. The summed E-state index contributed by atoms with van der Waals surface area (Å²) in [6.07, 6.45) is -0.480. The van der Waals surface area contributed by atoms with Crippen LogP contribution in [0.4, 0.5) is 0 Å². The van der Waals surface area contributed by atoms with Gasteiger partial charge < -0.3 is 9.84 Å². The average molecular weight is 310 g/mol. The van der Waals surface area contributed by atoms with Crippen LogP contribution >= 0.6 is 0 Å². The molecule has 1 unspecified atom stereocenters. The molecule has 2 rings (SSSR count). The van der Waals surface area contributed by atoms with Gasteiger partial charge in [0.2, 0.25) is 0 Å². The van der Waals surface area contributed by atoms with Crippen LogP contribution in [0.3, 0.4) is 0 Å². The van der Waals surface area contributed by atoms with Gasteiger partial charge in [0.1, 0.15) is 0 Å². The summed E-state index contributed by atoms with van der Waals surface area (Å²) in [5.74, 6) is 0. The number of aliphatic hydroxyl groups is 1. The van der Waals surface area contributed by atoms with Crippen molar-refractivity contribution in [3.8, 4) is 17.2 Å². The molecule has 0 spiro atoms. The topological polar surface area (TPSA) is 56.5 Å². The molecule has 120 valence electrons. The van der Waals surface area contributed by atoms with E-state index in [1.807, 2.05) is 43.4 Å². The molecule has 4 nitrogen and oxygen atoms in total. The first-order valence-corrected chi connectivity index (χ1v) is 7.58. The summed E-state index contributed by atoms with van der Waals surface area (Å²) in [5.41, 5.74) is 3.83. The van der Waals surface area contributed by atoms with Gasteiger partial charge in [-0.2, -0.15) is 5.26 Å². The van der Waals surface area contributed by atoms with E-state index in [-0.39, 0.29) is 0 Å². The van der Waals surface area contributed by atoms with Crippen molar-refractivity contribution in [1.82, 2.24) is 4.90 Å². The van der Waals surface area contributed by atoms with Crippen LogP contribution in [0.1, 0.15) is 11.1 Å². The van der Waals surface area contributed by atoms with E-state index in [9.17, 15) is 10.4 Å². The Kier molecular flexibility index (Phi) is 6.30. The van der Waals surface area contributed by atoms with Gasteiger partial charge in [0.15, 0.2) is 0 Å². The van der Waals surface area contributed by atoms with Crippen LogP contribution in [-0.4, -0.2) is 43.4 Å². The standard InChI is InChI=1S/C19H22N2O2/c1-21(13-18(22)14-23-2)12-15-7-9-16(10-8-15)19-6-4-3-5-17(19)11-20/h3-10,18,22H,12-14H2,1-2H3. The van der Waals surface area contributed by atoms with Gasteiger partial charge >= 0.3 is 0 Å². The predicted molar refractivity (Wildman–Crippen MR) is 90.8 cm³/mol. The van der Waals surface area contributed by atoms with Crippen molar-refractivity contribution in [3.63, 3.8) is 0 Å². The molecule has 0 bridgehead atoms. The van der Waals surface area contributed by atoms with Gasteiger partial charge in [-0.25, -0.2) is 0 Å². The third-order valence-corrected chi connectivity index (χ3v) is 3.65. The van der Waals surface area contributed by atoms with Crippen molar-refractivity contribution in [2.45, 2.75) is 12.6 Å². The Morgan fingerprint density at radius 1 is 1.17 bits per heavy atom. The molecule has 2 aromatic carbocycles. The number of rotatable bonds is 7. The van der Waals surface area contributed by atoms with E-state index in [1.54, 1.807) is 7.11 Å². The second-order valence-corrected chi connectivity index (χ2v) is 5.66. The first kappa shape index (κ1) is 17.2. The Morgan fingerprint density at radius 2 is 1.87 bits per heavy atom. The highest BCUT2D eigenvalue weighted by Crippen LogP contribution is 2.23. The summed E-state index contributed by atoms with van der Waals surface area (Å²) in [7, 11) is 3.55. The smallest absolute Gasteiger partial charge is 0.0998 e. The molecular weight excluding hydrogens is 288 g/mol. The van der Waals surface area contributed by atoms with Gasteiger partial charge in [0.25, 0.3) is 0 Å². The third-order valence-electron chi connectivity index (χ3n) is 3.65. The first-order chi connectivity index (χ1) is 11.1. The first-order valence-electron chi connectivity index (χ1n) is 7.58. The lowest BCUT2D eigenvalue weighted by molar-refractivity contribution is 0.0419. The molecule has 0 saturated heterocycles. The van der Waals surface area contributed by atoms with E-state index in [1.165, 1.54) is 0 Å². The quantitative estimate of drug-likeness (QED) is 0.854. The maximum absolute atomic E-state index is 9.75. The number of hydrogen-bond acceptors (Lipinski definition) is 4. The zero-order chi connectivity index (χ0) is 16.7. The molecule has 0 fully saturated rings. The van der Waals surface area contributed by atoms with Crippen molar-refractivity contribution in [2.24, 2.45) is 0 Å². The minimum Gasteiger partial charge on any atom is -0.389 e. The predicted octanol–water partition coefficient (Wildman–Crippen LogP) is 2.66. The fraction of sp³-hybridized carbons (Fsp3) is 0.316. The van der Waals surface area contributed by atoms with Crippen molar-refractivity contribution in [1.29, 1.82) is 5.26 Å². The second kappa shape index (κ2) is 8.44. The highest BCUT2D eigenvalue weighted by molar-refractivity contribution is 5.70. The summed E-state index contributed by atoms with van der Waals surface area (Å²) >= 11 is 0. The zero-order valence-corrected chi connectivity index (χ0v) is 13.6. The van der Waals surface area contributed by atoms with Crippen LogP contribution in [0.5, 0.6) is 0 Å². The lowest BCUT2D eigenvalue weighted by Crippen LogP contribution is -2.31. The SMILES string of the molecule is COCC(O)CN(C)Cc1ccc(-c2ccccc2C#N)cc1. The fourth-order valence-corrected chi connectivity index (χ4v) is 2.60. The second-order valence-electron chi connectivity index (χ2n) is 5.66. The van der Waals surface area contributed by atoms with Gasteiger partial charge in [0, 0.05) is 20.2 Å². The molecule has 1 atom stereocenters. The van der Waals surface area contributed by atoms with Gasteiger partial charge in [-0.05, 0) is 29.8 Å². The Labute approximate surface area is 137 Å². The van der Waals surface area contributed by atoms with E-state index >= 15 is 0 Å². The molecule has 1 N–H and O–H groups in total. The van der Waals surface area contributed by atoms with Crippen molar-refractivity contribution >= 4 is 0 Å². The number of nitriles is 1. The Morgan fingerprint density at radius 3 is 2.52 bits per heavy atom. The van der Waals surface area contributed by atoms with Crippen LogP contribution in [0.15, 0.2) is 48.5 Å². The number of likely N-dealkylation sites (N-methyl/N-ethyl adjacent to an activating group) is 1.